The summed E-state index contributed by atoms with van der Waals surface area (Å²) < 4.78 is 5.33. The smallest absolute Gasteiger partial charge is 0.407 e. The number of hydrogen-bond acceptors (Lipinski definition) is 7. The Morgan fingerprint density at radius 3 is 2.79 bits per heavy atom. The fourth-order valence-electron chi connectivity index (χ4n) is 3.60. The van der Waals surface area contributed by atoms with E-state index < -0.39 is 30.0 Å². The Morgan fingerprint density at radius 2 is 2.04 bits per heavy atom. The zero-order chi connectivity index (χ0) is 20.6. The fourth-order valence-corrected chi connectivity index (χ4v) is 3.60. The molecule has 2 rings (SSSR count). The second kappa shape index (κ2) is 10.4. The lowest BCUT2D eigenvalue weighted by atomic mass is 9.92. The number of nitrogens with two attached hydrogens (primary N) is 2. The fraction of sp³-hybridized carbons (Fsp3) is 0.824. The zero-order valence-corrected chi connectivity index (χ0v) is 16.4. The number of unbranched alkanes of at least 4 members (excludes halogenated alkanes) is 3. The van der Waals surface area contributed by atoms with E-state index in [2.05, 4.69) is 26.4 Å². The van der Waals surface area contributed by atoms with Gasteiger partial charge in [0.1, 0.15) is 6.61 Å². The van der Waals surface area contributed by atoms with Crippen molar-refractivity contribution in [2.45, 2.75) is 68.9 Å². The van der Waals surface area contributed by atoms with Crippen molar-refractivity contribution in [2.75, 3.05) is 19.7 Å². The number of nitrogens with one attached hydrogen (secondary N) is 4. The number of hydrogen-bond donors (Lipinski definition) is 9. The van der Waals surface area contributed by atoms with Crippen molar-refractivity contribution in [1.29, 1.82) is 0 Å². The number of amides is 1. The largest absolute Gasteiger partial charge is 0.445 e. The molecular weight excluding hydrogens is 366 g/mol. The standard InChI is InChI=1S/C17H33N7O4/c18-8-3-1-2-4-9-21-16(25)28-10-11-13-14(24-15(20)23-13)17(26,27)7-5-6-12(19)22-11/h11,13-14,26-27H,1-10,18H2,(H2,19,22)(H,21,25)(H3,20,23,24)/p+3. The molecule has 0 saturated heterocycles. The molecule has 2 heterocycles. The highest BCUT2D eigenvalue weighted by Crippen LogP contribution is 2.18. The average molecular weight is 403 g/mol. The van der Waals surface area contributed by atoms with Crippen LogP contribution < -0.4 is 37.8 Å². The molecule has 2 aliphatic rings. The van der Waals surface area contributed by atoms with Crippen LogP contribution in [0.1, 0.15) is 44.9 Å². The van der Waals surface area contributed by atoms with Crippen LogP contribution in [0.25, 0.3) is 0 Å². The predicted molar refractivity (Wildman–Crippen MR) is 101 cm³/mol. The number of alkyl carbamates (subject to hydrolysis) is 1. The molecule has 3 atom stereocenters. The van der Waals surface area contributed by atoms with Gasteiger partial charge >= 0.3 is 12.1 Å². The van der Waals surface area contributed by atoms with E-state index in [1.54, 1.807) is 0 Å². The molecule has 0 aromatic carbocycles. The summed E-state index contributed by atoms with van der Waals surface area (Å²) in [6, 6.07) is -1.78. The van der Waals surface area contributed by atoms with Crippen molar-refractivity contribution in [1.82, 2.24) is 10.6 Å². The zero-order valence-electron chi connectivity index (χ0n) is 16.4. The Balaban J connectivity index is 1.91. The van der Waals surface area contributed by atoms with Crippen LogP contribution in [0.5, 0.6) is 0 Å². The monoisotopic (exact) mass is 402 g/mol. The van der Waals surface area contributed by atoms with Gasteiger partial charge < -0.3 is 26.0 Å². The molecule has 0 aromatic rings. The van der Waals surface area contributed by atoms with Crippen molar-refractivity contribution >= 4 is 17.9 Å². The number of carbonyl (C=O) groups excluding carboxylic acids is 1. The van der Waals surface area contributed by atoms with Gasteiger partial charge in [-0.15, -0.1) is 0 Å². The van der Waals surface area contributed by atoms with Crippen LogP contribution >= 0.6 is 0 Å². The predicted octanol–water partition coefficient (Wildman–Crippen LogP) is -6.08. The summed E-state index contributed by atoms with van der Waals surface area (Å²) >= 11 is 0. The molecule has 0 fully saturated rings. The maximum Gasteiger partial charge on any atom is 0.407 e. The molecule has 0 aromatic heterocycles. The van der Waals surface area contributed by atoms with Gasteiger partial charge in [0.25, 0.3) is 0 Å². The first-order valence-electron chi connectivity index (χ1n) is 10.0. The summed E-state index contributed by atoms with van der Waals surface area (Å²) in [6.07, 6.45) is 4.72. The number of guanidine groups is 1. The summed E-state index contributed by atoms with van der Waals surface area (Å²) in [5.74, 6) is -1.23. The Hall–Kier alpha value is -2.11. The van der Waals surface area contributed by atoms with Gasteiger partial charge in [-0.05, 0) is 25.7 Å². The van der Waals surface area contributed by atoms with Crippen molar-refractivity contribution in [3.05, 3.63) is 0 Å². The number of fused-ring (bicyclic) bond motifs is 1. The lowest BCUT2D eigenvalue weighted by Crippen LogP contribution is -2.92. The molecule has 160 valence electrons. The number of carbonyl (C=O) groups is 1. The summed E-state index contributed by atoms with van der Waals surface area (Å²) in [7, 11) is 0. The van der Waals surface area contributed by atoms with E-state index in [0.717, 1.165) is 32.2 Å². The van der Waals surface area contributed by atoms with Gasteiger partial charge in [0.05, 0.1) is 6.54 Å². The summed E-state index contributed by atoms with van der Waals surface area (Å²) in [5, 5.41) is 26.6. The number of rotatable bonds is 8. The van der Waals surface area contributed by atoms with E-state index in [0.29, 0.717) is 25.2 Å². The van der Waals surface area contributed by atoms with Crippen LogP contribution in [-0.2, 0) is 4.74 Å². The quantitative estimate of drug-likeness (QED) is 0.142. The highest BCUT2D eigenvalue weighted by atomic mass is 16.5. The third-order valence-corrected chi connectivity index (χ3v) is 5.13. The second-order valence-electron chi connectivity index (χ2n) is 7.51. The minimum absolute atomic E-state index is 0.00670. The highest BCUT2D eigenvalue weighted by Gasteiger charge is 2.51. The van der Waals surface area contributed by atoms with Crippen molar-refractivity contribution < 1.29 is 35.5 Å². The van der Waals surface area contributed by atoms with Gasteiger partial charge in [0.15, 0.2) is 18.1 Å². The number of amidine groups is 1. The molecular formula is C17H36N7O4+3. The Kier molecular flexibility index (Phi) is 8.27. The SMILES string of the molecule is NC1=[NH+]C(COC(=O)NCCCCCC[NH3+])C2NC(N)=[NH+]C2C(O)(O)CCC1. The first-order valence-corrected chi connectivity index (χ1v) is 10.0. The summed E-state index contributed by atoms with van der Waals surface area (Å²) in [6.45, 7) is 1.47. The van der Waals surface area contributed by atoms with Crippen LogP contribution in [0.3, 0.4) is 0 Å². The molecule has 0 spiro atoms. The first kappa shape index (κ1) is 22.2. The van der Waals surface area contributed by atoms with Crippen LogP contribution in [0.2, 0.25) is 0 Å². The second-order valence-corrected chi connectivity index (χ2v) is 7.51. The van der Waals surface area contributed by atoms with Crippen molar-refractivity contribution in [3.63, 3.8) is 0 Å². The maximum absolute atomic E-state index is 12.0. The summed E-state index contributed by atoms with van der Waals surface area (Å²) in [5.41, 5.74) is 15.6. The maximum atomic E-state index is 12.0. The minimum Gasteiger partial charge on any atom is -0.445 e. The molecule has 0 aliphatic carbocycles. The number of aliphatic hydroxyl groups is 2. The average Bonchev–Trinajstić information content (AvgIpc) is 3.04. The van der Waals surface area contributed by atoms with Crippen molar-refractivity contribution in [2.24, 2.45) is 11.5 Å². The van der Waals surface area contributed by atoms with Gasteiger partial charge in [0.2, 0.25) is 11.6 Å². The lowest BCUT2D eigenvalue weighted by Gasteiger charge is -2.29. The highest BCUT2D eigenvalue weighted by molar-refractivity contribution is 5.75. The normalized spacial score (nSPS) is 26.6. The third-order valence-electron chi connectivity index (χ3n) is 5.13. The molecule has 2 aliphatic heterocycles. The third kappa shape index (κ3) is 6.50. The molecule has 11 nitrogen and oxygen atoms in total. The van der Waals surface area contributed by atoms with Crippen LogP contribution in [-0.4, -0.2) is 71.7 Å². The molecule has 13 N–H and O–H groups in total. The van der Waals surface area contributed by atoms with Gasteiger partial charge in [-0.1, -0.05) is 6.42 Å². The Bertz CT molecular complexity index is 582. The minimum atomic E-state index is -1.97. The topological polar surface area (TPSA) is 198 Å². The number of quaternary nitrogens is 1. The van der Waals surface area contributed by atoms with Gasteiger partial charge in [-0.2, -0.15) is 0 Å². The Labute approximate surface area is 164 Å². The molecule has 3 unspecified atom stereocenters. The molecule has 1 amide bonds. The Morgan fingerprint density at radius 1 is 1.29 bits per heavy atom. The summed E-state index contributed by atoms with van der Waals surface area (Å²) in [4.78, 5) is 18.0. The van der Waals surface area contributed by atoms with E-state index >= 15 is 0 Å². The molecule has 0 radical (unpaired) electrons. The van der Waals surface area contributed by atoms with E-state index in [4.69, 9.17) is 16.2 Å². The van der Waals surface area contributed by atoms with E-state index in [1.165, 1.54) is 0 Å². The van der Waals surface area contributed by atoms with E-state index in [-0.39, 0.29) is 19.0 Å². The van der Waals surface area contributed by atoms with Gasteiger partial charge in [-0.3, -0.25) is 26.8 Å². The van der Waals surface area contributed by atoms with Gasteiger partial charge in [0, 0.05) is 19.4 Å². The van der Waals surface area contributed by atoms with E-state index in [9.17, 15) is 15.0 Å². The molecule has 0 bridgehead atoms. The lowest BCUT2D eigenvalue weighted by molar-refractivity contribution is -0.567. The molecule has 28 heavy (non-hydrogen) atoms. The van der Waals surface area contributed by atoms with Crippen molar-refractivity contribution in [3.8, 4) is 0 Å². The van der Waals surface area contributed by atoms with Gasteiger partial charge in [-0.25, -0.2) is 4.79 Å². The molecule has 11 heteroatoms. The first-order chi connectivity index (χ1) is 13.3. The molecule has 0 saturated carbocycles. The van der Waals surface area contributed by atoms with Crippen LogP contribution in [0, 0.1) is 0 Å². The van der Waals surface area contributed by atoms with Crippen LogP contribution in [0.4, 0.5) is 4.79 Å². The number of ether oxygens (including phenoxy) is 1. The van der Waals surface area contributed by atoms with Crippen LogP contribution in [0.15, 0.2) is 0 Å². The van der Waals surface area contributed by atoms with E-state index in [1.807, 2.05) is 0 Å².